The van der Waals surface area contributed by atoms with E-state index in [0.717, 1.165) is 19.4 Å². The van der Waals surface area contributed by atoms with Crippen LogP contribution < -0.4 is 4.90 Å². The number of rotatable bonds is 4. The first-order chi connectivity index (χ1) is 13.1. The average Bonchev–Trinajstić information content (AvgIpc) is 3.22. The Labute approximate surface area is 163 Å². The van der Waals surface area contributed by atoms with E-state index in [2.05, 4.69) is 23.1 Å². The van der Waals surface area contributed by atoms with E-state index < -0.39 is 17.3 Å². The van der Waals surface area contributed by atoms with Crippen LogP contribution in [0.15, 0.2) is 41.8 Å². The molecule has 0 saturated carbocycles. The van der Waals surface area contributed by atoms with Crippen LogP contribution in [0.2, 0.25) is 0 Å². The van der Waals surface area contributed by atoms with Crippen LogP contribution in [0.5, 0.6) is 0 Å². The molecule has 1 N–H and O–H groups in total. The van der Waals surface area contributed by atoms with Gasteiger partial charge in [-0.25, -0.2) is 0 Å². The van der Waals surface area contributed by atoms with E-state index >= 15 is 0 Å². The molecule has 1 saturated heterocycles. The Hall–Kier alpha value is -2.18. The fraction of sp³-hybridized carbons (Fsp3) is 0.429. The number of para-hydroxylation sites is 1. The summed E-state index contributed by atoms with van der Waals surface area (Å²) in [7, 11) is 0. The first kappa shape index (κ1) is 18.2. The molecule has 0 bridgehead atoms. The van der Waals surface area contributed by atoms with Crippen LogP contribution in [-0.2, 0) is 11.2 Å². The molecule has 1 fully saturated rings. The van der Waals surface area contributed by atoms with Gasteiger partial charge < -0.3 is 14.9 Å². The number of likely N-dealkylation sites (tertiary alicyclic amines) is 1. The van der Waals surface area contributed by atoms with E-state index in [0.29, 0.717) is 37.4 Å². The molecule has 0 aliphatic carbocycles. The number of Topliss-reactive ketones (excluding diaryl/α,β-unsaturated/α-hetero) is 1. The number of hydrogen-bond donors (Lipinski definition) is 1. The Balaban J connectivity index is 1.39. The lowest BCUT2D eigenvalue weighted by Gasteiger charge is -2.42. The van der Waals surface area contributed by atoms with E-state index in [1.165, 1.54) is 22.6 Å². The number of aryl methyl sites for hydroxylation is 1. The standard InChI is InChI=1S/C21H24N2O3S/c24-19(18-8-4-14-27-18)20(25)22-12-9-21(26,10-13-22)15-23-11-3-6-16-5-1-2-7-17(16)23/h1-2,4-5,7-8,14,26H,3,6,9-13,15H2. The highest BCUT2D eigenvalue weighted by Crippen LogP contribution is 2.31. The number of nitrogens with zero attached hydrogens (tertiary/aromatic N) is 2. The molecule has 0 unspecified atom stereocenters. The summed E-state index contributed by atoms with van der Waals surface area (Å²) >= 11 is 1.29. The predicted molar refractivity (Wildman–Crippen MR) is 106 cm³/mol. The van der Waals surface area contributed by atoms with Gasteiger partial charge in [-0.3, -0.25) is 9.59 Å². The zero-order chi connectivity index (χ0) is 18.9. The predicted octanol–water partition coefficient (Wildman–Crippen LogP) is 2.74. The van der Waals surface area contributed by atoms with Crippen molar-refractivity contribution in [3.8, 4) is 0 Å². The first-order valence-electron chi connectivity index (χ1n) is 9.48. The number of β-amino-alcohol motifs (C(OH)–C–C–N with tert-alkyl or cyclic N) is 1. The molecule has 4 rings (SSSR count). The number of thiophene rings is 1. The van der Waals surface area contributed by atoms with Crippen LogP contribution in [0.3, 0.4) is 0 Å². The van der Waals surface area contributed by atoms with E-state index in [1.54, 1.807) is 22.4 Å². The highest BCUT2D eigenvalue weighted by atomic mass is 32.1. The summed E-state index contributed by atoms with van der Waals surface area (Å²) in [6.45, 7) is 2.35. The third-order valence-corrected chi connectivity index (χ3v) is 6.48. The Morgan fingerprint density at radius 3 is 2.59 bits per heavy atom. The minimum atomic E-state index is -0.826. The molecule has 0 atom stereocenters. The summed E-state index contributed by atoms with van der Waals surface area (Å²) in [5.74, 6) is -0.900. The molecule has 1 aromatic carbocycles. The van der Waals surface area contributed by atoms with Crippen LogP contribution in [0, 0.1) is 0 Å². The maximum atomic E-state index is 12.5. The van der Waals surface area contributed by atoms with Gasteiger partial charge >= 0.3 is 0 Å². The molecule has 2 aliphatic rings. The van der Waals surface area contributed by atoms with Gasteiger partial charge in [0, 0.05) is 31.9 Å². The minimum absolute atomic E-state index is 0.419. The number of hydrogen-bond acceptors (Lipinski definition) is 5. The summed E-state index contributed by atoms with van der Waals surface area (Å²) in [6.07, 6.45) is 3.16. The quantitative estimate of drug-likeness (QED) is 0.650. The molecule has 3 heterocycles. The first-order valence-corrected chi connectivity index (χ1v) is 10.4. The summed E-state index contributed by atoms with van der Waals surface area (Å²) in [5.41, 5.74) is 1.72. The van der Waals surface area contributed by atoms with Crippen molar-refractivity contribution in [2.24, 2.45) is 0 Å². The third-order valence-electron chi connectivity index (χ3n) is 5.61. The van der Waals surface area contributed by atoms with Gasteiger partial charge in [-0.1, -0.05) is 24.3 Å². The normalized spacial score (nSPS) is 18.9. The molecule has 5 nitrogen and oxygen atoms in total. The zero-order valence-corrected chi connectivity index (χ0v) is 16.1. The summed E-state index contributed by atoms with van der Waals surface area (Å²) in [5, 5.41) is 12.9. The third kappa shape index (κ3) is 3.77. The molecular weight excluding hydrogens is 360 g/mol. The van der Waals surface area contributed by atoms with E-state index in [1.807, 2.05) is 6.07 Å². The lowest BCUT2D eigenvalue weighted by atomic mass is 9.89. The summed E-state index contributed by atoms with van der Waals surface area (Å²) in [6, 6.07) is 11.8. The van der Waals surface area contributed by atoms with Gasteiger partial charge in [0.05, 0.1) is 10.5 Å². The Kier molecular flexibility index (Phi) is 5.02. The Morgan fingerprint density at radius 1 is 1.07 bits per heavy atom. The number of anilines is 1. The number of fused-ring (bicyclic) bond motifs is 1. The molecule has 1 aromatic heterocycles. The highest BCUT2D eigenvalue weighted by molar-refractivity contribution is 7.13. The lowest BCUT2D eigenvalue weighted by Crippen LogP contribution is -2.53. The Bertz CT molecular complexity index is 826. The molecule has 2 aliphatic heterocycles. The monoisotopic (exact) mass is 384 g/mol. The van der Waals surface area contributed by atoms with Gasteiger partial charge in [0.1, 0.15) is 0 Å². The molecule has 0 spiro atoms. The van der Waals surface area contributed by atoms with Crippen molar-refractivity contribution >= 4 is 28.7 Å². The van der Waals surface area contributed by atoms with Crippen LogP contribution in [0.25, 0.3) is 0 Å². The van der Waals surface area contributed by atoms with Crippen molar-refractivity contribution in [2.45, 2.75) is 31.3 Å². The number of aliphatic hydroxyl groups is 1. The number of piperidine rings is 1. The second-order valence-electron chi connectivity index (χ2n) is 7.48. The van der Waals surface area contributed by atoms with Crippen LogP contribution >= 0.6 is 11.3 Å². The van der Waals surface area contributed by atoms with Gasteiger partial charge in [-0.2, -0.15) is 0 Å². The molecule has 0 radical (unpaired) electrons. The van der Waals surface area contributed by atoms with Gasteiger partial charge in [0.2, 0.25) is 0 Å². The summed E-state index contributed by atoms with van der Waals surface area (Å²) < 4.78 is 0. The van der Waals surface area contributed by atoms with Crippen molar-refractivity contribution in [1.29, 1.82) is 0 Å². The van der Waals surface area contributed by atoms with E-state index in [9.17, 15) is 14.7 Å². The van der Waals surface area contributed by atoms with Crippen LogP contribution in [0.1, 0.15) is 34.5 Å². The number of ketones is 1. The van der Waals surface area contributed by atoms with Crippen molar-refractivity contribution < 1.29 is 14.7 Å². The van der Waals surface area contributed by atoms with Gasteiger partial charge in [-0.15, -0.1) is 11.3 Å². The van der Waals surface area contributed by atoms with Gasteiger partial charge in [0.25, 0.3) is 11.7 Å². The second-order valence-corrected chi connectivity index (χ2v) is 8.42. The average molecular weight is 385 g/mol. The van der Waals surface area contributed by atoms with Crippen molar-refractivity contribution in [2.75, 3.05) is 31.1 Å². The fourth-order valence-corrected chi connectivity index (χ4v) is 4.73. The number of amides is 1. The fourth-order valence-electron chi connectivity index (χ4n) is 4.07. The van der Waals surface area contributed by atoms with E-state index in [4.69, 9.17) is 0 Å². The highest BCUT2D eigenvalue weighted by Gasteiger charge is 2.37. The second kappa shape index (κ2) is 7.44. The SMILES string of the molecule is O=C(C(=O)N1CCC(O)(CN2CCCc3ccccc32)CC1)c1cccs1. The molecule has 1 amide bonds. The van der Waals surface area contributed by atoms with E-state index in [-0.39, 0.29) is 0 Å². The lowest BCUT2D eigenvalue weighted by molar-refractivity contribution is -0.130. The van der Waals surface area contributed by atoms with Crippen molar-refractivity contribution in [3.63, 3.8) is 0 Å². The largest absolute Gasteiger partial charge is 0.388 e. The summed E-state index contributed by atoms with van der Waals surface area (Å²) in [4.78, 5) is 29.1. The zero-order valence-electron chi connectivity index (χ0n) is 15.3. The number of benzene rings is 1. The minimum Gasteiger partial charge on any atom is -0.388 e. The van der Waals surface area contributed by atoms with Crippen LogP contribution in [0.4, 0.5) is 5.69 Å². The molecule has 27 heavy (non-hydrogen) atoms. The molecule has 142 valence electrons. The molecule has 6 heteroatoms. The number of carbonyl (C=O) groups excluding carboxylic acids is 2. The topological polar surface area (TPSA) is 60.9 Å². The van der Waals surface area contributed by atoms with Crippen LogP contribution in [-0.4, -0.2) is 53.5 Å². The Morgan fingerprint density at radius 2 is 1.85 bits per heavy atom. The number of carbonyl (C=O) groups is 2. The van der Waals surface area contributed by atoms with Crippen molar-refractivity contribution in [3.05, 3.63) is 52.2 Å². The smallest absolute Gasteiger partial charge is 0.295 e. The maximum Gasteiger partial charge on any atom is 0.295 e. The van der Waals surface area contributed by atoms with Gasteiger partial charge in [-0.05, 0) is 48.8 Å². The molecular formula is C21H24N2O3S. The van der Waals surface area contributed by atoms with Gasteiger partial charge in [0.15, 0.2) is 0 Å². The van der Waals surface area contributed by atoms with Crippen molar-refractivity contribution in [1.82, 2.24) is 4.90 Å². The maximum absolute atomic E-state index is 12.5. The molecule has 2 aromatic rings.